The number of nitriles is 1. The number of benzene rings is 1. The van der Waals surface area contributed by atoms with E-state index in [1.54, 1.807) is 6.26 Å². The molecule has 31 heavy (non-hydrogen) atoms. The van der Waals surface area contributed by atoms with E-state index in [1.165, 1.54) is 6.07 Å². The van der Waals surface area contributed by atoms with Crippen molar-refractivity contribution in [3.8, 4) is 6.07 Å². The van der Waals surface area contributed by atoms with Crippen LogP contribution in [0.1, 0.15) is 24.0 Å². The number of nitrogens with two attached hydrogens (primary N) is 1. The SMILES string of the molecule is CSc1nc(N)nc(N[C@@H](CCC(=O)O)C(=O)Nc2cccc(C(F)(F)F)c2)c1C#N. The summed E-state index contributed by atoms with van der Waals surface area (Å²) in [5, 5.41) is 23.6. The van der Waals surface area contributed by atoms with E-state index in [0.717, 1.165) is 30.0 Å². The Labute approximate surface area is 178 Å². The van der Waals surface area contributed by atoms with Crippen LogP contribution in [0.2, 0.25) is 0 Å². The quantitative estimate of drug-likeness (QED) is 0.348. The predicted molar refractivity (Wildman–Crippen MR) is 107 cm³/mol. The standard InChI is InChI=1S/C18H17F3N6O3S/c1-31-16-11(8-22)14(26-17(23)27-16)25-12(5-6-13(28)29)15(30)24-10-4-2-3-9(7-10)18(19,20)21/h2-4,7,12H,5-6H2,1H3,(H,24,30)(H,28,29)(H3,23,25,26,27)/t12-/m0/s1. The van der Waals surface area contributed by atoms with E-state index >= 15 is 0 Å². The van der Waals surface area contributed by atoms with Crippen molar-refractivity contribution in [2.24, 2.45) is 0 Å². The van der Waals surface area contributed by atoms with Crippen LogP contribution >= 0.6 is 11.8 Å². The normalized spacial score (nSPS) is 12.0. The highest BCUT2D eigenvalue weighted by atomic mass is 32.2. The van der Waals surface area contributed by atoms with Crippen LogP contribution in [-0.4, -0.2) is 39.2 Å². The van der Waals surface area contributed by atoms with Crippen molar-refractivity contribution in [1.29, 1.82) is 5.26 Å². The van der Waals surface area contributed by atoms with Gasteiger partial charge in [0.1, 0.15) is 22.7 Å². The lowest BCUT2D eigenvalue weighted by Crippen LogP contribution is -2.36. The summed E-state index contributed by atoms with van der Waals surface area (Å²) in [6.07, 6.45) is -3.61. The molecule has 9 nitrogen and oxygen atoms in total. The molecule has 0 saturated heterocycles. The average molecular weight is 454 g/mol. The van der Waals surface area contributed by atoms with Crippen molar-refractivity contribution >= 4 is 41.1 Å². The molecular weight excluding hydrogens is 437 g/mol. The number of nitrogens with one attached hydrogen (secondary N) is 2. The Morgan fingerprint density at radius 2 is 2.06 bits per heavy atom. The highest BCUT2D eigenvalue weighted by Gasteiger charge is 2.31. The number of carbonyl (C=O) groups is 2. The van der Waals surface area contributed by atoms with Gasteiger partial charge >= 0.3 is 12.1 Å². The van der Waals surface area contributed by atoms with Gasteiger partial charge in [-0.1, -0.05) is 6.07 Å². The minimum atomic E-state index is -4.60. The number of carboxylic acids is 1. The Kier molecular flexibility index (Phi) is 7.65. The third-order valence-corrected chi connectivity index (χ3v) is 4.61. The number of rotatable bonds is 8. The summed E-state index contributed by atoms with van der Waals surface area (Å²) < 4.78 is 38.7. The summed E-state index contributed by atoms with van der Waals surface area (Å²) in [5.74, 6) is -2.27. The van der Waals surface area contributed by atoms with Crippen LogP contribution < -0.4 is 16.4 Å². The highest BCUT2D eigenvalue weighted by molar-refractivity contribution is 7.98. The lowest BCUT2D eigenvalue weighted by Gasteiger charge is -2.20. The second-order valence-corrected chi connectivity index (χ2v) is 6.92. The van der Waals surface area contributed by atoms with E-state index in [9.17, 15) is 28.0 Å². The van der Waals surface area contributed by atoms with E-state index in [1.807, 2.05) is 6.07 Å². The zero-order chi connectivity index (χ0) is 23.2. The molecule has 0 fully saturated rings. The number of carbonyl (C=O) groups excluding carboxylic acids is 1. The van der Waals surface area contributed by atoms with E-state index in [0.29, 0.717) is 0 Å². The molecule has 5 N–H and O–H groups in total. The molecule has 1 aromatic heterocycles. The maximum atomic E-state index is 12.9. The first-order chi connectivity index (χ1) is 14.5. The van der Waals surface area contributed by atoms with Crippen molar-refractivity contribution in [3.05, 3.63) is 35.4 Å². The fourth-order valence-electron chi connectivity index (χ4n) is 2.51. The Morgan fingerprint density at radius 3 is 2.65 bits per heavy atom. The van der Waals surface area contributed by atoms with E-state index in [2.05, 4.69) is 20.6 Å². The zero-order valence-corrected chi connectivity index (χ0v) is 16.8. The number of anilines is 3. The first-order valence-electron chi connectivity index (χ1n) is 8.63. The highest BCUT2D eigenvalue weighted by Crippen LogP contribution is 2.31. The molecule has 0 spiro atoms. The largest absolute Gasteiger partial charge is 0.481 e. The molecular formula is C18H17F3N6O3S. The van der Waals surface area contributed by atoms with Crippen LogP contribution in [0, 0.1) is 11.3 Å². The maximum Gasteiger partial charge on any atom is 0.416 e. The summed E-state index contributed by atoms with van der Waals surface area (Å²) in [6.45, 7) is 0. The molecule has 164 valence electrons. The first-order valence-corrected chi connectivity index (χ1v) is 9.85. The van der Waals surface area contributed by atoms with Crippen LogP contribution in [0.3, 0.4) is 0 Å². The van der Waals surface area contributed by atoms with Gasteiger partial charge < -0.3 is 21.5 Å². The average Bonchev–Trinajstić information content (AvgIpc) is 2.69. The van der Waals surface area contributed by atoms with Gasteiger partial charge in [-0.05, 0) is 30.9 Å². The molecule has 0 bridgehead atoms. The van der Waals surface area contributed by atoms with Gasteiger partial charge in [-0.15, -0.1) is 11.8 Å². The fourth-order valence-corrected chi connectivity index (χ4v) is 3.05. The van der Waals surface area contributed by atoms with Crippen LogP contribution in [0.15, 0.2) is 29.3 Å². The van der Waals surface area contributed by atoms with Gasteiger partial charge in [0, 0.05) is 12.1 Å². The third kappa shape index (κ3) is 6.48. The number of aromatic nitrogens is 2. The summed E-state index contributed by atoms with van der Waals surface area (Å²) in [4.78, 5) is 31.5. The number of nitrogen functional groups attached to an aromatic ring is 1. The van der Waals surface area contributed by atoms with E-state index in [-0.39, 0.29) is 34.5 Å². The Bertz CT molecular complexity index is 1030. The van der Waals surface area contributed by atoms with Gasteiger partial charge in [-0.2, -0.15) is 23.4 Å². The molecule has 1 atom stereocenters. The van der Waals surface area contributed by atoms with Crippen LogP contribution in [0.5, 0.6) is 0 Å². The number of aliphatic carboxylic acids is 1. The summed E-state index contributed by atoms with van der Waals surface area (Å²) in [7, 11) is 0. The number of carboxylic acid groups (broad SMARTS) is 1. The van der Waals surface area contributed by atoms with Gasteiger partial charge in [-0.3, -0.25) is 9.59 Å². The number of halogens is 3. The number of hydrogen-bond donors (Lipinski definition) is 4. The molecule has 0 aliphatic heterocycles. The minimum Gasteiger partial charge on any atom is -0.481 e. The number of alkyl halides is 3. The third-order valence-electron chi connectivity index (χ3n) is 3.93. The Hall–Kier alpha value is -3.53. The molecule has 13 heteroatoms. The molecule has 1 aromatic carbocycles. The van der Waals surface area contributed by atoms with E-state index < -0.39 is 36.1 Å². The lowest BCUT2D eigenvalue weighted by atomic mass is 10.1. The van der Waals surface area contributed by atoms with Gasteiger partial charge in [0.15, 0.2) is 5.82 Å². The maximum absolute atomic E-state index is 12.9. The minimum absolute atomic E-state index is 0.00565. The van der Waals surface area contributed by atoms with Crippen LogP contribution in [0.4, 0.5) is 30.6 Å². The summed E-state index contributed by atoms with van der Waals surface area (Å²) >= 11 is 1.11. The molecule has 1 heterocycles. The molecule has 2 aromatic rings. The Balaban J connectivity index is 2.33. The fraction of sp³-hybridized carbons (Fsp3) is 0.278. The molecule has 0 radical (unpaired) electrons. The van der Waals surface area contributed by atoms with Crippen molar-refractivity contribution in [2.75, 3.05) is 22.6 Å². The number of nitrogens with zero attached hydrogens (tertiary/aromatic N) is 3. The zero-order valence-electron chi connectivity index (χ0n) is 16.0. The first kappa shape index (κ1) is 23.7. The van der Waals surface area contributed by atoms with Crippen LogP contribution in [0.25, 0.3) is 0 Å². The van der Waals surface area contributed by atoms with E-state index in [4.69, 9.17) is 10.8 Å². The molecule has 0 aliphatic carbocycles. The smallest absolute Gasteiger partial charge is 0.416 e. The second-order valence-electron chi connectivity index (χ2n) is 6.12. The summed E-state index contributed by atoms with van der Waals surface area (Å²) in [6, 6.07) is 4.64. The monoisotopic (exact) mass is 454 g/mol. The number of amides is 1. The number of thioether (sulfide) groups is 1. The molecule has 2 rings (SSSR count). The topological polar surface area (TPSA) is 154 Å². The predicted octanol–water partition coefficient (Wildman–Crippen LogP) is 2.96. The van der Waals surface area contributed by atoms with Gasteiger partial charge in [0.25, 0.3) is 0 Å². The molecule has 0 aliphatic rings. The van der Waals surface area contributed by atoms with Crippen molar-refractivity contribution in [2.45, 2.75) is 30.1 Å². The molecule has 0 saturated carbocycles. The van der Waals surface area contributed by atoms with Gasteiger partial charge in [0.2, 0.25) is 11.9 Å². The van der Waals surface area contributed by atoms with Crippen LogP contribution in [-0.2, 0) is 15.8 Å². The second kappa shape index (κ2) is 9.98. The van der Waals surface area contributed by atoms with Gasteiger partial charge in [0.05, 0.1) is 5.56 Å². The molecule has 0 unspecified atom stereocenters. The Morgan fingerprint density at radius 1 is 1.35 bits per heavy atom. The van der Waals surface area contributed by atoms with Crippen molar-refractivity contribution in [1.82, 2.24) is 9.97 Å². The van der Waals surface area contributed by atoms with Gasteiger partial charge in [-0.25, -0.2) is 4.98 Å². The lowest BCUT2D eigenvalue weighted by molar-refractivity contribution is -0.138. The number of hydrogen-bond acceptors (Lipinski definition) is 8. The van der Waals surface area contributed by atoms with Crippen molar-refractivity contribution in [3.63, 3.8) is 0 Å². The summed E-state index contributed by atoms with van der Waals surface area (Å²) in [5.41, 5.74) is 4.53. The molecule has 1 amide bonds. The van der Waals surface area contributed by atoms with Crippen molar-refractivity contribution < 1.29 is 27.9 Å².